The average molecular weight is 308 g/mol. The van der Waals surface area contributed by atoms with Crippen LogP contribution in [0.3, 0.4) is 0 Å². The highest BCUT2D eigenvalue weighted by atomic mass is 32.2. The van der Waals surface area contributed by atoms with Gasteiger partial charge in [0.05, 0.1) is 18.2 Å². The Hall–Kier alpha value is -1.58. The highest BCUT2D eigenvalue weighted by Crippen LogP contribution is 2.41. The topological polar surface area (TPSA) is 90.2 Å². The molecule has 6 heteroatoms. The zero-order chi connectivity index (χ0) is 15.7. The van der Waals surface area contributed by atoms with Crippen LogP contribution in [0, 0.1) is 16.7 Å². The van der Waals surface area contributed by atoms with Gasteiger partial charge < -0.3 is 5.32 Å². The molecule has 1 heterocycles. The van der Waals surface area contributed by atoms with Gasteiger partial charge >= 0.3 is 0 Å². The fraction of sp³-hybridized carbons (Fsp3) is 0.533. The molecule has 1 aliphatic heterocycles. The second kappa shape index (κ2) is 5.66. The third kappa shape index (κ3) is 3.04. The van der Waals surface area contributed by atoms with Crippen molar-refractivity contribution in [3.63, 3.8) is 0 Å². The van der Waals surface area contributed by atoms with Crippen molar-refractivity contribution in [2.45, 2.75) is 44.4 Å². The van der Waals surface area contributed by atoms with Gasteiger partial charge in [0.1, 0.15) is 4.90 Å². The maximum atomic E-state index is 11.6. The fourth-order valence-electron chi connectivity index (χ4n) is 2.97. The van der Waals surface area contributed by atoms with E-state index in [0.717, 1.165) is 24.8 Å². The summed E-state index contributed by atoms with van der Waals surface area (Å²) in [6, 6.07) is 5.28. The van der Waals surface area contributed by atoms with E-state index < -0.39 is 10.1 Å². The predicted octanol–water partition coefficient (Wildman–Crippen LogP) is 2.77. The second-order valence-electron chi connectivity index (χ2n) is 5.68. The van der Waals surface area contributed by atoms with Crippen LogP contribution in [-0.4, -0.2) is 19.5 Å². The number of rotatable bonds is 4. The van der Waals surface area contributed by atoms with Gasteiger partial charge in [0.25, 0.3) is 10.1 Å². The van der Waals surface area contributed by atoms with Crippen LogP contribution in [-0.2, 0) is 23.0 Å². The van der Waals surface area contributed by atoms with E-state index in [4.69, 9.17) is 5.26 Å². The molecule has 1 aromatic carbocycles. The number of hydrogen-bond acceptors (Lipinski definition) is 4. The Labute approximate surface area is 125 Å². The molecule has 0 saturated heterocycles. The summed E-state index contributed by atoms with van der Waals surface area (Å²) < 4.78 is 32.6. The number of nitrogens with zero attached hydrogens (tertiary/aromatic N) is 1. The lowest BCUT2D eigenvalue weighted by Crippen LogP contribution is -2.36. The van der Waals surface area contributed by atoms with E-state index in [-0.39, 0.29) is 16.7 Å². The van der Waals surface area contributed by atoms with Gasteiger partial charge in [-0.05, 0) is 41.9 Å². The Morgan fingerprint density at radius 1 is 1.38 bits per heavy atom. The summed E-state index contributed by atoms with van der Waals surface area (Å²) in [4.78, 5) is -0.119. The minimum Gasteiger partial charge on any atom is -0.383 e. The second-order valence-corrected chi connectivity index (χ2v) is 7.07. The zero-order valence-corrected chi connectivity index (χ0v) is 13.1. The van der Waals surface area contributed by atoms with Gasteiger partial charge in [-0.15, -0.1) is 0 Å². The van der Waals surface area contributed by atoms with Crippen molar-refractivity contribution in [3.8, 4) is 6.07 Å². The molecule has 114 valence electrons. The van der Waals surface area contributed by atoms with E-state index in [2.05, 4.69) is 19.2 Å². The third-order valence-electron chi connectivity index (χ3n) is 4.51. The van der Waals surface area contributed by atoms with Crippen LogP contribution < -0.4 is 5.32 Å². The standard InChI is InChI=1S/C15H20N2O3S/c1-3-15(4-2)9-12-7-11(5-6-16)8-13(21(18,19)20)14(12)17-10-15/h7-8,17H,3-5,9-10H2,1-2H3,(H,18,19,20). The van der Waals surface area contributed by atoms with Crippen LogP contribution in [0.4, 0.5) is 5.69 Å². The predicted molar refractivity (Wildman–Crippen MR) is 80.8 cm³/mol. The lowest BCUT2D eigenvalue weighted by Gasteiger charge is -2.38. The molecule has 2 rings (SSSR count). The van der Waals surface area contributed by atoms with Crippen LogP contribution >= 0.6 is 0 Å². The van der Waals surface area contributed by atoms with Gasteiger partial charge in [0, 0.05) is 6.54 Å². The molecule has 0 aliphatic carbocycles. The maximum Gasteiger partial charge on any atom is 0.296 e. The first-order valence-corrected chi connectivity index (χ1v) is 8.53. The van der Waals surface area contributed by atoms with Gasteiger partial charge in [0.2, 0.25) is 0 Å². The summed E-state index contributed by atoms with van der Waals surface area (Å²) in [7, 11) is -4.31. The summed E-state index contributed by atoms with van der Waals surface area (Å²) in [5.74, 6) is 0. The monoisotopic (exact) mass is 308 g/mol. The Kier molecular flexibility index (Phi) is 4.26. The average Bonchev–Trinajstić information content (AvgIpc) is 2.45. The van der Waals surface area contributed by atoms with Gasteiger partial charge in [-0.2, -0.15) is 13.7 Å². The molecule has 5 nitrogen and oxygen atoms in total. The SMILES string of the molecule is CCC1(CC)CNc2c(cc(CC#N)cc2S(=O)(=O)O)C1. The first-order chi connectivity index (χ1) is 9.85. The number of hydrogen-bond donors (Lipinski definition) is 2. The molecule has 1 aromatic rings. The Morgan fingerprint density at radius 2 is 2.05 bits per heavy atom. The molecule has 0 atom stereocenters. The molecule has 21 heavy (non-hydrogen) atoms. The summed E-state index contributed by atoms with van der Waals surface area (Å²) in [5, 5.41) is 12.0. The largest absolute Gasteiger partial charge is 0.383 e. The van der Waals surface area contributed by atoms with Crippen molar-refractivity contribution in [2.75, 3.05) is 11.9 Å². The number of nitrogens with one attached hydrogen (secondary N) is 1. The molecule has 0 fully saturated rings. The van der Waals surface area contributed by atoms with Gasteiger partial charge in [-0.25, -0.2) is 0 Å². The molecule has 0 unspecified atom stereocenters. The summed E-state index contributed by atoms with van der Waals surface area (Å²) in [5.41, 5.74) is 2.06. The van der Waals surface area contributed by atoms with E-state index in [0.29, 0.717) is 17.8 Å². The number of fused-ring (bicyclic) bond motifs is 1. The van der Waals surface area contributed by atoms with Crippen molar-refractivity contribution in [1.82, 2.24) is 0 Å². The molecular weight excluding hydrogens is 288 g/mol. The number of anilines is 1. The maximum absolute atomic E-state index is 11.6. The van der Waals surface area contributed by atoms with Crippen molar-refractivity contribution in [1.29, 1.82) is 5.26 Å². The Balaban J connectivity index is 2.59. The summed E-state index contributed by atoms with van der Waals surface area (Å²) in [6.45, 7) is 4.94. The first kappa shape index (κ1) is 15.8. The molecule has 2 N–H and O–H groups in total. The quantitative estimate of drug-likeness (QED) is 0.835. The lowest BCUT2D eigenvalue weighted by molar-refractivity contribution is 0.272. The smallest absolute Gasteiger partial charge is 0.296 e. The van der Waals surface area contributed by atoms with Gasteiger partial charge in [0.15, 0.2) is 0 Å². The third-order valence-corrected chi connectivity index (χ3v) is 5.39. The fourth-order valence-corrected chi connectivity index (χ4v) is 3.73. The van der Waals surface area contributed by atoms with Crippen molar-refractivity contribution < 1.29 is 13.0 Å². The molecule has 0 bridgehead atoms. The van der Waals surface area contributed by atoms with E-state index in [1.807, 2.05) is 12.1 Å². The Bertz CT molecular complexity index is 686. The lowest BCUT2D eigenvalue weighted by atomic mass is 9.74. The van der Waals surface area contributed by atoms with E-state index >= 15 is 0 Å². The van der Waals surface area contributed by atoms with Crippen LogP contribution in [0.5, 0.6) is 0 Å². The van der Waals surface area contributed by atoms with E-state index in [1.54, 1.807) is 0 Å². The van der Waals surface area contributed by atoms with Gasteiger partial charge in [-0.3, -0.25) is 4.55 Å². The number of nitriles is 1. The normalized spacial score (nSPS) is 16.7. The minimum atomic E-state index is -4.31. The summed E-state index contributed by atoms with van der Waals surface area (Å²) >= 11 is 0. The van der Waals surface area contributed by atoms with Crippen LogP contribution in [0.1, 0.15) is 37.8 Å². The van der Waals surface area contributed by atoms with Crippen LogP contribution in [0.15, 0.2) is 17.0 Å². The van der Waals surface area contributed by atoms with Crippen molar-refractivity contribution in [3.05, 3.63) is 23.3 Å². The highest BCUT2D eigenvalue weighted by Gasteiger charge is 2.34. The summed E-state index contributed by atoms with van der Waals surface area (Å²) in [6.07, 6.45) is 2.85. The molecule has 0 saturated carbocycles. The van der Waals surface area contributed by atoms with Gasteiger partial charge in [-0.1, -0.05) is 19.9 Å². The van der Waals surface area contributed by atoms with Crippen molar-refractivity contribution in [2.24, 2.45) is 5.41 Å². The van der Waals surface area contributed by atoms with E-state index in [9.17, 15) is 13.0 Å². The molecular formula is C15H20N2O3S. The van der Waals surface area contributed by atoms with Crippen molar-refractivity contribution >= 4 is 15.8 Å². The first-order valence-electron chi connectivity index (χ1n) is 7.09. The molecule has 0 radical (unpaired) electrons. The molecule has 0 spiro atoms. The zero-order valence-electron chi connectivity index (χ0n) is 12.3. The van der Waals surface area contributed by atoms with Crippen LogP contribution in [0.2, 0.25) is 0 Å². The van der Waals surface area contributed by atoms with E-state index in [1.165, 1.54) is 6.07 Å². The van der Waals surface area contributed by atoms with Crippen LogP contribution in [0.25, 0.3) is 0 Å². The Morgan fingerprint density at radius 3 is 2.57 bits per heavy atom. The highest BCUT2D eigenvalue weighted by molar-refractivity contribution is 7.86. The molecule has 1 aliphatic rings. The molecule has 0 amide bonds. The molecule has 0 aromatic heterocycles. The number of benzene rings is 1. The minimum absolute atomic E-state index is 0.0920.